The molecule has 1 N–H and O–H groups in total. The van der Waals surface area contributed by atoms with Crippen molar-refractivity contribution in [1.29, 1.82) is 0 Å². The lowest BCUT2D eigenvalue weighted by Gasteiger charge is -1.98. The van der Waals surface area contributed by atoms with Crippen LogP contribution >= 0.6 is 11.3 Å². The number of hydrogen-bond donors (Lipinski definition) is 1. The van der Waals surface area contributed by atoms with Gasteiger partial charge in [-0.15, -0.1) is 11.3 Å². The van der Waals surface area contributed by atoms with Crippen LogP contribution in [0, 0.1) is 0 Å². The van der Waals surface area contributed by atoms with Crippen molar-refractivity contribution >= 4 is 28.7 Å². The highest BCUT2D eigenvalue weighted by Crippen LogP contribution is 2.30. The number of H-pyrrole nitrogens is 1. The SMILES string of the molecule is O=Cc1c[nH]c2ncnc(-c3cccs3)c12. The van der Waals surface area contributed by atoms with Crippen LogP contribution in [0.5, 0.6) is 0 Å². The van der Waals surface area contributed by atoms with E-state index in [0.29, 0.717) is 11.2 Å². The third kappa shape index (κ3) is 1.25. The summed E-state index contributed by atoms with van der Waals surface area (Å²) in [5.74, 6) is 0. The van der Waals surface area contributed by atoms with E-state index in [1.165, 1.54) is 6.33 Å². The molecular weight excluding hydrogens is 222 g/mol. The van der Waals surface area contributed by atoms with E-state index in [-0.39, 0.29) is 0 Å². The molecule has 5 heteroatoms. The number of aromatic amines is 1. The van der Waals surface area contributed by atoms with E-state index in [9.17, 15) is 4.79 Å². The lowest BCUT2D eigenvalue weighted by molar-refractivity contribution is 0.112. The topological polar surface area (TPSA) is 58.6 Å². The number of hydrogen-bond acceptors (Lipinski definition) is 4. The van der Waals surface area contributed by atoms with Gasteiger partial charge in [-0.3, -0.25) is 4.79 Å². The highest BCUT2D eigenvalue weighted by atomic mass is 32.1. The highest BCUT2D eigenvalue weighted by Gasteiger charge is 2.12. The second-order valence-corrected chi connectivity index (χ2v) is 4.23. The molecule has 0 bridgehead atoms. The van der Waals surface area contributed by atoms with Gasteiger partial charge in [-0.25, -0.2) is 9.97 Å². The molecule has 0 aliphatic rings. The first-order valence-corrected chi connectivity index (χ1v) is 5.59. The summed E-state index contributed by atoms with van der Waals surface area (Å²) in [4.78, 5) is 23.3. The van der Waals surface area contributed by atoms with Crippen LogP contribution in [0.25, 0.3) is 21.6 Å². The summed E-state index contributed by atoms with van der Waals surface area (Å²) < 4.78 is 0. The van der Waals surface area contributed by atoms with Crippen molar-refractivity contribution in [3.63, 3.8) is 0 Å². The molecular formula is C11H7N3OS. The van der Waals surface area contributed by atoms with Gasteiger partial charge < -0.3 is 4.98 Å². The molecule has 0 aliphatic carbocycles. The number of nitrogens with zero attached hydrogens (tertiary/aromatic N) is 2. The zero-order valence-corrected chi connectivity index (χ0v) is 8.99. The molecule has 78 valence electrons. The second kappa shape index (κ2) is 3.53. The summed E-state index contributed by atoms with van der Waals surface area (Å²) in [6, 6.07) is 3.94. The fraction of sp³-hybridized carbons (Fsp3) is 0. The summed E-state index contributed by atoms with van der Waals surface area (Å²) >= 11 is 1.59. The number of nitrogens with one attached hydrogen (secondary N) is 1. The molecule has 0 saturated carbocycles. The molecule has 0 unspecified atom stereocenters. The van der Waals surface area contributed by atoms with Crippen molar-refractivity contribution in [2.75, 3.05) is 0 Å². The first-order chi connectivity index (χ1) is 7.90. The van der Waals surface area contributed by atoms with Crippen LogP contribution in [0.2, 0.25) is 0 Å². The van der Waals surface area contributed by atoms with E-state index >= 15 is 0 Å². The van der Waals surface area contributed by atoms with Crippen molar-refractivity contribution in [1.82, 2.24) is 15.0 Å². The van der Waals surface area contributed by atoms with Gasteiger partial charge in [-0.2, -0.15) is 0 Å². The van der Waals surface area contributed by atoms with Crippen LogP contribution in [0.4, 0.5) is 0 Å². The third-order valence-electron chi connectivity index (χ3n) is 2.38. The molecule has 0 aromatic carbocycles. The standard InChI is InChI=1S/C11H7N3OS/c15-5-7-4-12-11-9(7)10(13-6-14-11)8-2-1-3-16-8/h1-6H,(H,12,13,14). The zero-order chi connectivity index (χ0) is 11.0. The number of carbonyl (C=O) groups is 1. The molecule has 0 spiro atoms. The minimum Gasteiger partial charge on any atom is -0.345 e. The van der Waals surface area contributed by atoms with Crippen molar-refractivity contribution < 1.29 is 4.79 Å². The maximum absolute atomic E-state index is 10.9. The smallest absolute Gasteiger partial charge is 0.152 e. The Hall–Kier alpha value is -2.01. The summed E-state index contributed by atoms with van der Waals surface area (Å²) in [7, 11) is 0. The Labute approximate surface area is 95.0 Å². The Kier molecular flexibility index (Phi) is 2.04. The van der Waals surface area contributed by atoms with Gasteiger partial charge in [-0.05, 0) is 11.4 Å². The molecule has 0 atom stereocenters. The average Bonchev–Trinajstić information content (AvgIpc) is 2.97. The van der Waals surface area contributed by atoms with Crippen molar-refractivity contribution in [3.05, 3.63) is 35.6 Å². The second-order valence-electron chi connectivity index (χ2n) is 3.29. The molecule has 0 aliphatic heterocycles. The van der Waals surface area contributed by atoms with Gasteiger partial charge in [0.05, 0.1) is 16.0 Å². The Morgan fingerprint density at radius 1 is 1.38 bits per heavy atom. The molecule has 16 heavy (non-hydrogen) atoms. The monoisotopic (exact) mass is 229 g/mol. The lowest BCUT2D eigenvalue weighted by Crippen LogP contribution is -1.87. The van der Waals surface area contributed by atoms with E-state index < -0.39 is 0 Å². The Balaban J connectivity index is 2.39. The van der Waals surface area contributed by atoms with Crippen molar-refractivity contribution in [2.45, 2.75) is 0 Å². The van der Waals surface area contributed by atoms with Gasteiger partial charge in [0, 0.05) is 11.8 Å². The first-order valence-electron chi connectivity index (χ1n) is 4.71. The van der Waals surface area contributed by atoms with Crippen molar-refractivity contribution in [2.24, 2.45) is 0 Å². The number of rotatable bonds is 2. The number of thiophene rings is 1. The molecule has 0 saturated heterocycles. The van der Waals surface area contributed by atoms with E-state index in [1.54, 1.807) is 17.5 Å². The van der Waals surface area contributed by atoms with E-state index in [0.717, 1.165) is 22.2 Å². The van der Waals surface area contributed by atoms with Gasteiger partial charge in [0.25, 0.3) is 0 Å². The van der Waals surface area contributed by atoms with Gasteiger partial charge >= 0.3 is 0 Å². The molecule has 4 nitrogen and oxygen atoms in total. The zero-order valence-electron chi connectivity index (χ0n) is 8.18. The van der Waals surface area contributed by atoms with Gasteiger partial charge in [0.15, 0.2) is 6.29 Å². The molecule has 3 heterocycles. The maximum Gasteiger partial charge on any atom is 0.152 e. The predicted octanol–water partition coefficient (Wildman–Crippen LogP) is 2.50. The lowest BCUT2D eigenvalue weighted by atomic mass is 10.2. The highest BCUT2D eigenvalue weighted by molar-refractivity contribution is 7.13. The van der Waals surface area contributed by atoms with Crippen LogP contribution < -0.4 is 0 Å². The number of aromatic nitrogens is 3. The minimum atomic E-state index is 0.596. The number of fused-ring (bicyclic) bond motifs is 1. The van der Waals surface area contributed by atoms with Crippen LogP contribution in [0.15, 0.2) is 30.0 Å². The maximum atomic E-state index is 10.9. The van der Waals surface area contributed by atoms with Gasteiger partial charge in [0.2, 0.25) is 0 Å². The van der Waals surface area contributed by atoms with Gasteiger partial charge in [-0.1, -0.05) is 6.07 Å². The van der Waals surface area contributed by atoms with Crippen LogP contribution in [-0.2, 0) is 0 Å². The summed E-state index contributed by atoms with van der Waals surface area (Å²) in [5, 5.41) is 2.77. The summed E-state index contributed by atoms with van der Waals surface area (Å²) in [6.07, 6.45) is 3.98. The fourth-order valence-electron chi connectivity index (χ4n) is 1.68. The quantitative estimate of drug-likeness (QED) is 0.687. The largest absolute Gasteiger partial charge is 0.345 e. The van der Waals surface area contributed by atoms with Crippen LogP contribution in [0.3, 0.4) is 0 Å². The Morgan fingerprint density at radius 3 is 3.06 bits per heavy atom. The summed E-state index contributed by atoms with van der Waals surface area (Å²) in [5.41, 5.74) is 2.10. The Bertz CT molecular complexity index is 642. The fourth-order valence-corrected chi connectivity index (χ4v) is 2.41. The average molecular weight is 229 g/mol. The summed E-state index contributed by atoms with van der Waals surface area (Å²) in [6.45, 7) is 0. The van der Waals surface area contributed by atoms with Crippen LogP contribution in [0.1, 0.15) is 10.4 Å². The number of carbonyl (C=O) groups excluding carboxylic acids is 1. The van der Waals surface area contributed by atoms with E-state index in [2.05, 4.69) is 15.0 Å². The van der Waals surface area contributed by atoms with E-state index in [4.69, 9.17) is 0 Å². The van der Waals surface area contributed by atoms with Crippen molar-refractivity contribution in [3.8, 4) is 10.6 Å². The molecule has 3 aromatic heterocycles. The molecule has 0 fully saturated rings. The van der Waals surface area contributed by atoms with E-state index in [1.807, 2.05) is 17.5 Å². The predicted molar refractivity (Wildman–Crippen MR) is 62.6 cm³/mol. The third-order valence-corrected chi connectivity index (χ3v) is 3.26. The minimum absolute atomic E-state index is 0.596. The molecule has 3 rings (SSSR count). The molecule has 0 amide bonds. The first kappa shape index (κ1) is 9.23. The normalized spacial score (nSPS) is 10.8. The molecule has 0 radical (unpaired) electrons. The number of aldehydes is 1. The molecule has 3 aromatic rings. The van der Waals surface area contributed by atoms with Crippen LogP contribution in [-0.4, -0.2) is 21.2 Å². The Morgan fingerprint density at radius 2 is 2.31 bits per heavy atom. The van der Waals surface area contributed by atoms with Gasteiger partial charge in [0.1, 0.15) is 12.0 Å².